The van der Waals surface area contributed by atoms with Crippen molar-refractivity contribution in [1.29, 1.82) is 0 Å². The molecular formula is C24H26N8O2. The second kappa shape index (κ2) is 8.21. The van der Waals surface area contributed by atoms with E-state index in [0.29, 0.717) is 23.4 Å². The molecule has 6 rings (SSSR count). The van der Waals surface area contributed by atoms with E-state index in [1.807, 2.05) is 25.4 Å². The molecule has 34 heavy (non-hydrogen) atoms. The first kappa shape index (κ1) is 20.8. The standard InChI is InChI=1S/C24H26N8O2/c1-14-9-16(14)24(33)28-20-10-17-18(11-26-20)22(25-2)27-12-19(17)23-29-21-4-3-15(13-32(21)30-23)31-5-7-34-8-6-31/h3-4,10-14,16H,5-9H2,1-2H3,(H,25,27)(H,26,28,33)/t14-,16+/m1/s1. The average molecular weight is 459 g/mol. The third-order valence-electron chi connectivity index (χ3n) is 6.64. The summed E-state index contributed by atoms with van der Waals surface area (Å²) < 4.78 is 7.27. The molecule has 4 aromatic rings. The van der Waals surface area contributed by atoms with Gasteiger partial charge in [0.25, 0.3) is 0 Å². The number of fused-ring (bicyclic) bond motifs is 2. The number of hydrogen-bond acceptors (Lipinski definition) is 8. The number of carbonyl (C=O) groups excluding carboxylic acids is 1. The highest BCUT2D eigenvalue weighted by molar-refractivity contribution is 6.03. The van der Waals surface area contributed by atoms with Gasteiger partial charge in [-0.15, -0.1) is 5.10 Å². The number of pyridine rings is 3. The summed E-state index contributed by atoms with van der Waals surface area (Å²) in [6, 6.07) is 5.92. The fourth-order valence-electron chi connectivity index (χ4n) is 4.48. The van der Waals surface area contributed by atoms with Crippen LogP contribution in [0.5, 0.6) is 0 Å². The Bertz CT molecular complexity index is 1390. The van der Waals surface area contributed by atoms with E-state index < -0.39 is 0 Å². The molecule has 0 bridgehead atoms. The van der Waals surface area contributed by atoms with E-state index >= 15 is 0 Å². The maximum Gasteiger partial charge on any atom is 0.228 e. The fraction of sp³-hybridized carbons (Fsp3) is 0.375. The van der Waals surface area contributed by atoms with Crippen molar-refractivity contribution in [3.8, 4) is 11.4 Å². The first-order chi connectivity index (χ1) is 16.6. The minimum Gasteiger partial charge on any atom is -0.378 e. The maximum atomic E-state index is 12.5. The molecule has 2 N–H and O–H groups in total. The minimum atomic E-state index is 0.0188. The number of morpholine rings is 1. The van der Waals surface area contributed by atoms with E-state index in [9.17, 15) is 4.79 Å². The first-order valence-corrected chi connectivity index (χ1v) is 11.6. The molecule has 1 aliphatic carbocycles. The smallest absolute Gasteiger partial charge is 0.228 e. The predicted octanol–water partition coefficient (Wildman–Crippen LogP) is 2.81. The van der Waals surface area contributed by atoms with Crippen molar-refractivity contribution < 1.29 is 9.53 Å². The van der Waals surface area contributed by atoms with Gasteiger partial charge in [-0.3, -0.25) is 4.79 Å². The minimum absolute atomic E-state index is 0.0188. The number of aromatic nitrogens is 5. The maximum absolute atomic E-state index is 12.5. The van der Waals surface area contributed by atoms with E-state index in [1.165, 1.54) is 0 Å². The number of nitrogens with zero attached hydrogens (tertiary/aromatic N) is 6. The quantitative estimate of drug-likeness (QED) is 0.470. The van der Waals surface area contributed by atoms with Crippen molar-refractivity contribution in [1.82, 2.24) is 24.6 Å². The monoisotopic (exact) mass is 458 g/mol. The zero-order valence-corrected chi connectivity index (χ0v) is 19.2. The van der Waals surface area contributed by atoms with Gasteiger partial charge in [0.2, 0.25) is 5.91 Å². The summed E-state index contributed by atoms with van der Waals surface area (Å²) in [5, 5.41) is 12.5. The van der Waals surface area contributed by atoms with Gasteiger partial charge in [0, 0.05) is 54.8 Å². The van der Waals surface area contributed by atoms with E-state index in [2.05, 4.69) is 38.5 Å². The van der Waals surface area contributed by atoms with Crippen molar-refractivity contribution in [3.05, 3.63) is 36.8 Å². The van der Waals surface area contributed by atoms with Gasteiger partial charge in [-0.1, -0.05) is 6.92 Å². The summed E-state index contributed by atoms with van der Waals surface area (Å²) in [7, 11) is 1.82. The number of rotatable bonds is 5. The van der Waals surface area contributed by atoms with Gasteiger partial charge in [-0.25, -0.2) is 19.5 Å². The number of amides is 1. The van der Waals surface area contributed by atoms with Gasteiger partial charge in [-0.05, 0) is 30.5 Å². The third kappa shape index (κ3) is 3.69. The Morgan fingerprint density at radius 2 is 1.97 bits per heavy atom. The Morgan fingerprint density at radius 3 is 2.74 bits per heavy atom. The van der Waals surface area contributed by atoms with Gasteiger partial charge in [0.1, 0.15) is 11.6 Å². The molecule has 1 saturated carbocycles. The molecule has 0 aromatic carbocycles. The van der Waals surface area contributed by atoms with Crippen LogP contribution in [-0.4, -0.2) is 63.8 Å². The molecule has 10 heteroatoms. The van der Waals surface area contributed by atoms with Gasteiger partial charge in [-0.2, -0.15) is 0 Å². The van der Waals surface area contributed by atoms with Crippen LogP contribution in [0.1, 0.15) is 13.3 Å². The average Bonchev–Trinajstić information content (AvgIpc) is 3.45. The lowest BCUT2D eigenvalue weighted by Gasteiger charge is -2.28. The highest BCUT2D eigenvalue weighted by atomic mass is 16.5. The van der Waals surface area contributed by atoms with Crippen LogP contribution in [0.2, 0.25) is 0 Å². The van der Waals surface area contributed by atoms with Gasteiger partial charge in [0.15, 0.2) is 11.5 Å². The first-order valence-electron chi connectivity index (χ1n) is 11.6. The zero-order chi connectivity index (χ0) is 23.2. The van der Waals surface area contributed by atoms with E-state index in [-0.39, 0.29) is 11.8 Å². The Balaban J connectivity index is 1.40. The second-order valence-electron chi connectivity index (χ2n) is 8.92. The van der Waals surface area contributed by atoms with E-state index in [0.717, 1.165) is 60.4 Å². The number of hydrogen-bond donors (Lipinski definition) is 2. The number of anilines is 3. The van der Waals surface area contributed by atoms with E-state index in [1.54, 1.807) is 16.9 Å². The molecule has 2 aliphatic rings. The Hall–Kier alpha value is -3.79. The van der Waals surface area contributed by atoms with Gasteiger partial charge < -0.3 is 20.3 Å². The lowest BCUT2D eigenvalue weighted by molar-refractivity contribution is -0.117. The van der Waals surface area contributed by atoms with Crippen molar-refractivity contribution in [3.63, 3.8) is 0 Å². The molecule has 1 aliphatic heterocycles. The molecule has 5 heterocycles. The second-order valence-corrected chi connectivity index (χ2v) is 8.92. The van der Waals surface area contributed by atoms with Crippen LogP contribution in [0.4, 0.5) is 17.3 Å². The summed E-state index contributed by atoms with van der Waals surface area (Å²) in [4.78, 5) is 28.5. The molecule has 1 amide bonds. The molecule has 0 radical (unpaired) electrons. The molecule has 0 unspecified atom stereocenters. The topological polar surface area (TPSA) is 110 Å². The van der Waals surface area contributed by atoms with Crippen molar-refractivity contribution in [2.24, 2.45) is 11.8 Å². The highest BCUT2D eigenvalue weighted by Gasteiger charge is 2.39. The summed E-state index contributed by atoms with van der Waals surface area (Å²) in [5.74, 6) is 2.32. The summed E-state index contributed by atoms with van der Waals surface area (Å²) in [5.41, 5.74) is 2.62. The highest BCUT2D eigenvalue weighted by Crippen LogP contribution is 2.39. The van der Waals surface area contributed by atoms with Crippen LogP contribution in [0.15, 0.2) is 36.8 Å². The van der Waals surface area contributed by atoms with E-state index in [4.69, 9.17) is 14.8 Å². The molecular weight excluding hydrogens is 432 g/mol. The van der Waals surface area contributed by atoms with Crippen molar-refractivity contribution in [2.45, 2.75) is 13.3 Å². The zero-order valence-electron chi connectivity index (χ0n) is 19.2. The molecule has 174 valence electrons. The Morgan fingerprint density at radius 1 is 1.15 bits per heavy atom. The lowest BCUT2D eigenvalue weighted by Crippen LogP contribution is -2.36. The molecule has 1 saturated heterocycles. The normalized spacial score (nSPS) is 20.0. The summed E-state index contributed by atoms with van der Waals surface area (Å²) in [6.07, 6.45) is 6.42. The molecule has 10 nitrogen and oxygen atoms in total. The molecule has 2 fully saturated rings. The number of ether oxygens (including phenoxy) is 1. The van der Waals surface area contributed by atoms with Crippen LogP contribution < -0.4 is 15.5 Å². The van der Waals surface area contributed by atoms with Crippen LogP contribution >= 0.6 is 0 Å². The lowest BCUT2D eigenvalue weighted by atomic mass is 10.1. The van der Waals surface area contributed by atoms with Crippen LogP contribution in [0.3, 0.4) is 0 Å². The van der Waals surface area contributed by atoms with Crippen molar-refractivity contribution in [2.75, 3.05) is 48.9 Å². The fourth-order valence-corrected chi connectivity index (χ4v) is 4.48. The van der Waals surface area contributed by atoms with Gasteiger partial charge >= 0.3 is 0 Å². The molecule has 4 aromatic heterocycles. The summed E-state index contributed by atoms with van der Waals surface area (Å²) >= 11 is 0. The van der Waals surface area contributed by atoms with Crippen LogP contribution in [-0.2, 0) is 9.53 Å². The van der Waals surface area contributed by atoms with Gasteiger partial charge in [0.05, 0.1) is 25.1 Å². The molecule has 2 atom stereocenters. The van der Waals surface area contributed by atoms with Crippen LogP contribution in [0.25, 0.3) is 27.8 Å². The van der Waals surface area contributed by atoms with Crippen molar-refractivity contribution >= 4 is 39.6 Å². The largest absolute Gasteiger partial charge is 0.378 e. The SMILES string of the molecule is CNc1ncc(-c2nc3ccc(N4CCOCC4)cn3n2)c2cc(NC(=O)[C@H]3C[C@H]3C)ncc12. The number of nitrogens with one attached hydrogen (secondary N) is 2. The summed E-state index contributed by atoms with van der Waals surface area (Å²) in [6.45, 7) is 5.24. The third-order valence-corrected chi connectivity index (χ3v) is 6.64. The molecule has 0 spiro atoms. The number of carbonyl (C=O) groups is 1. The Labute approximate surface area is 196 Å². The Kier molecular flexibility index (Phi) is 5.02. The predicted molar refractivity (Wildman–Crippen MR) is 130 cm³/mol. The van der Waals surface area contributed by atoms with Crippen LogP contribution in [0, 0.1) is 11.8 Å².